The fraction of sp³-hybridized carbons (Fsp3) is 0.435. The number of aliphatic imine (C=N–C) groups is 1. The Morgan fingerprint density at radius 3 is 2.76 bits per heavy atom. The number of benzene rings is 2. The summed E-state index contributed by atoms with van der Waals surface area (Å²) in [5.74, 6) is 0.796. The Morgan fingerprint density at radius 2 is 2.00 bits per heavy atom. The van der Waals surface area contributed by atoms with Crippen LogP contribution in [0.15, 0.2) is 59.6 Å². The van der Waals surface area contributed by atoms with Crippen LogP contribution in [0, 0.1) is 11.7 Å². The molecule has 1 heterocycles. The molecule has 0 bridgehead atoms. The van der Waals surface area contributed by atoms with Gasteiger partial charge >= 0.3 is 0 Å². The lowest BCUT2D eigenvalue weighted by molar-refractivity contribution is 0.0906. The predicted molar refractivity (Wildman–Crippen MR) is 113 cm³/mol. The fourth-order valence-corrected chi connectivity index (χ4v) is 3.52. The zero-order valence-corrected chi connectivity index (χ0v) is 16.9. The van der Waals surface area contributed by atoms with Crippen LogP contribution >= 0.6 is 0 Å². The maximum atomic E-state index is 13.9. The third-order valence-electron chi connectivity index (χ3n) is 5.06. The molecule has 0 amide bonds. The molecule has 29 heavy (non-hydrogen) atoms. The second kappa shape index (κ2) is 10.9. The van der Waals surface area contributed by atoms with E-state index in [1.165, 1.54) is 11.6 Å². The molecule has 2 unspecified atom stereocenters. The summed E-state index contributed by atoms with van der Waals surface area (Å²) in [5.41, 5.74) is 1.46. The van der Waals surface area contributed by atoms with Crippen molar-refractivity contribution in [3.8, 4) is 0 Å². The van der Waals surface area contributed by atoms with Crippen molar-refractivity contribution in [1.82, 2.24) is 10.2 Å². The topological polar surface area (TPSA) is 57.1 Å². The Bertz CT molecular complexity index is 785. The lowest BCUT2D eigenvalue weighted by Crippen LogP contribution is -2.40. The third-order valence-corrected chi connectivity index (χ3v) is 5.06. The molecule has 2 atom stereocenters. The van der Waals surface area contributed by atoms with Crippen LogP contribution in [0.2, 0.25) is 0 Å². The van der Waals surface area contributed by atoms with E-state index in [2.05, 4.69) is 27.3 Å². The number of aliphatic hydroxyl groups excluding tert-OH is 1. The van der Waals surface area contributed by atoms with Crippen LogP contribution in [-0.4, -0.2) is 48.8 Å². The van der Waals surface area contributed by atoms with E-state index in [1.54, 1.807) is 18.2 Å². The quantitative estimate of drug-likeness (QED) is 0.528. The highest BCUT2D eigenvalue weighted by Gasteiger charge is 2.25. The highest BCUT2D eigenvalue weighted by atomic mass is 19.1. The molecule has 0 spiro atoms. The maximum absolute atomic E-state index is 13.9. The number of guanidine groups is 1. The van der Waals surface area contributed by atoms with Gasteiger partial charge in [0.25, 0.3) is 0 Å². The zero-order chi connectivity index (χ0) is 20.5. The van der Waals surface area contributed by atoms with Gasteiger partial charge in [0.05, 0.1) is 19.8 Å². The molecule has 1 aliphatic heterocycles. The average Bonchev–Trinajstić information content (AvgIpc) is 3.21. The summed E-state index contributed by atoms with van der Waals surface area (Å²) in [5, 5.41) is 13.6. The minimum absolute atomic E-state index is 0.120. The average molecular weight is 400 g/mol. The molecular formula is C23H30FN3O2. The van der Waals surface area contributed by atoms with Crippen LogP contribution in [0.3, 0.4) is 0 Å². The normalized spacial score (nSPS) is 18.1. The van der Waals surface area contributed by atoms with Gasteiger partial charge in [-0.1, -0.05) is 48.5 Å². The van der Waals surface area contributed by atoms with Gasteiger partial charge in [-0.2, -0.15) is 0 Å². The van der Waals surface area contributed by atoms with Gasteiger partial charge in [0, 0.05) is 31.1 Å². The minimum Gasteiger partial charge on any atom is -0.386 e. The molecule has 2 N–H and O–H groups in total. The number of likely N-dealkylation sites (tertiary alicyclic amines) is 1. The smallest absolute Gasteiger partial charge is 0.194 e. The number of nitrogens with one attached hydrogen (secondary N) is 1. The molecular weight excluding hydrogens is 369 g/mol. The molecule has 5 nitrogen and oxygen atoms in total. The Hall–Kier alpha value is -2.44. The summed E-state index contributed by atoms with van der Waals surface area (Å²) in [6, 6.07) is 16.5. The van der Waals surface area contributed by atoms with E-state index in [0.717, 1.165) is 32.0 Å². The van der Waals surface area contributed by atoms with Crippen molar-refractivity contribution in [2.75, 3.05) is 32.8 Å². The summed E-state index contributed by atoms with van der Waals surface area (Å²) < 4.78 is 19.7. The summed E-state index contributed by atoms with van der Waals surface area (Å²) in [7, 11) is 0. The van der Waals surface area contributed by atoms with E-state index in [0.29, 0.717) is 19.1 Å². The molecule has 0 aromatic heterocycles. The van der Waals surface area contributed by atoms with E-state index < -0.39 is 11.9 Å². The summed E-state index contributed by atoms with van der Waals surface area (Å²) in [6.45, 7) is 5.95. The summed E-state index contributed by atoms with van der Waals surface area (Å²) in [4.78, 5) is 6.74. The van der Waals surface area contributed by atoms with Crippen LogP contribution in [0.1, 0.15) is 30.6 Å². The number of aliphatic hydroxyl groups is 1. The molecule has 3 rings (SSSR count). The number of nitrogens with zero attached hydrogens (tertiary/aromatic N) is 2. The number of rotatable bonds is 8. The van der Waals surface area contributed by atoms with Gasteiger partial charge in [0.15, 0.2) is 5.96 Å². The zero-order valence-electron chi connectivity index (χ0n) is 16.9. The molecule has 2 aromatic rings. The van der Waals surface area contributed by atoms with Crippen molar-refractivity contribution in [3.05, 3.63) is 71.5 Å². The van der Waals surface area contributed by atoms with E-state index in [1.807, 2.05) is 25.1 Å². The molecule has 1 saturated heterocycles. The van der Waals surface area contributed by atoms with E-state index in [4.69, 9.17) is 4.74 Å². The number of ether oxygens (including phenoxy) is 1. The van der Waals surface area contributed by atoms with Crippen molar-refractivity contribution >= 4 is 5.96 Å². The number of hydrogen-bond acceptors (Lipinski definition) is 3. The fourth-order valence-electron chi connectivity index (χ4n) is 3.52. The van der Waals surface area contributed by atoms with Crippen molar-refractivity contribution in [2.24, 2.45) is 10.9 Å². The first-order chi connectivity index (χ1) is 14.2. The summed E-state index contributed by atoms with van der Waals surface area (Å²) in [6.07, 6.45) is 0.0761. The van der Waals surface area contributed by atoms with Gasteiger partial charge in [-0.25, -0.2) is 4.39 Å². The lowest BCUT2D eigenvalue weighted by atomic mass is 10.1. The van der Waals surface area contributed by atoms with Crippen molar-refractivity contribution in [2.45, 2.75) is 26.1 Å². The van der Waals surface area contributed by atoms with Crippen molar-refractivity contribution in [3.63, 3.8) is 0 Å². The second-order valence-corrected chi connectivity index (χ2v) is 7.33. The molecule has 0 aliphatic carbocycles. The van der Waals surface area contributed by atoms with Gasteiger partial charge < -0.3 is 20.1 Å². The van der Waals surface area contributed by atoms with Crippen LogP contribution in [0.5, 0.6) is 0 Å². The summed E-state index contributed by atoms with van der Waals surface area (Å²) >= 11 is 0. The van der Waals surface area contributed by atoms with Gasteiger partial charge in [0.2, 0.25) is 0 Å². The highest BCUT2D eigenvalue weighted by molar-refractivity contribution is 5.80. The Morgan fingerprint density at radius 1 is 1.24 bits per heavy atom. The third kappa shape index (κ3) is 6.27. The Balaban J connectivity index is 1.51. The van der Waals surface area contributed by atoms with E-state index in [-0.39, 0.29) is 12.1 Å². The molecule has 1 aliphatic rings. The maximum Gasteiger partial charge on any atom is 0.194 e. The van der Waals surface area contributed by atoms with E-state index in [9.17, 15) is 9.50 Å². The first kappa shape index (κ1) is 21.3. The molecule has 0 saturated carbocycles. The molecule has 2 aromatic carbocycles. The monoisotopic (exact) mass is 399 g/mol. The SMILES string of the molecule is CCNC(=NCC(O)c1ccccc1F)N1CCC(COCc2ccccc2)C1. The minimum atomic E-state index is -0.961. The molecule has 0 radical (unpaired) electrons. The predicted octanol–water partition coefficient (Wildman–Crippen LogP) is 3.36. The molecule has 1 fully saturated rings. The van der Waals surface area contributed by atoms with Crippen LogP contribution < -0.4 is 5.32 Å². The van der Waals surface area contributed by atoms with Crippen LogP contribution in [-0.2, 0) is 11.3 Å². The highest BCUT2D eigenvalue weighted by Crippen LogP contribution is 2.19. The molecule has 156 valence electrons. The standard InChI is InChI=1S/C23H30FN3O2/c1-2-25-23(26-14-22(28)20-10-6-7-11-21(20)24)27-13-12-19(15-27)17-29-16-18-8-4-3-5-9-18/h3-11,19,22,28H,2,12-17H2,1H3,(H,25,26). The second-order valence-electron chi connectivity index (χ2n) is 7.33. The number of halogens is 1. The number of hydrogen-bond donors (Lipinski definition) is 2. The van der Waals surface area contributed by atoms with Crippen molar-refractivity contribution < 1.29 is 14.2 Å². The first-order valence-electron chi connectivity index (χ1n) is 10.2. The first-order valence-corrected chi connectivity index (χ1v) is 10.2. The largest absolute Gasteiger partial charge is 0.386 e. The Kier molecular flexibility index (Phi) is 8.02. The van der Waals surface area contributed by atoms with Crippen LogP contribution in [0.4, 0.5) is 4.39 Å². The van der Waals surface area contributed by atoms with Crippen molar-refractivity contribution in [1.29, 1.82) is 0 Å². The lowest BCUT2D eigenvalue weighted by Gasteiger charge is -2.22. The van der Waals surface area contributed by atoms with Gasteiger partial charge in [-0.15, -0.1) is 0 Å². The van der Waals surface area contributed by atoms with Crippen LogP contribution in [0.25, 0.3) is 0 Å². The van der Waals surface area contributed by atoms with E-state index >= 15 is 0 Å². The Labute approximate surface area is 172 Å². The molecule has 6 heteroatoms. The van der Waals surface area contributed by atoms with Gasteiger partial charge in [0.1, 0.15) is 11.9 Å². The van der Waals surface area contributed by atoms with Gasteiger partial charge in [-0.05, 0) is 25.0 Å². The van der Waals surface area contributed by atoms with Gasteiger partial charge in [-0.3, -0.25) is 4.99 Å².